The molecule has 1 fully saturated rings. The highest BCUT2D eigenvalue weighted by molar-refractivity contribution is 5.94. The van der Waals surface area contributed by atoms with Gasteiger partial charge in [-0.05, 0) is 47.5 Å². The summed E-state index contributed by atoms with van der Waals surface area (Å²) in [6.07, 6.45) is 0. The zero-order chi connectivity index (χ0) is 26.7. The number of halogens is 1. The third kappa shape index (κ3) is 7.87. The van der Waals surface area contributed by atoms with Gasteiger partial charge in [-0.1, -0.05) is 42.5 Å². The van der Waals surface area contributed by atoms with Gasteiger partial charge in [0.2, 0.25) is 5.91 Å². The lowest BCUT2D eigenvalue weighted by Crippen LogP contribution is -2.51. The number of rotatable bonds is 11. The minimum atomic E-state index is -0.306. The quantitative estimate of drug-likeness (QED) is 0.385. The van der Waals surface area contributed by atoms with Crippen molar-refractivity contribution in [1.82, 2.24) is 14.7 Å². The van der Waals surface area contributed by atoms with Crippen LogP contribution in [0.15, 0.2) is 78.9 Å². The molecule has 0 bridgehead atoms. The molecule has 0 unspecified atom stereocenters. The highest BCUT2D eigenvalue weighted by Crippen LogP contribution is 2.16. The molecule has 7 nitrogen and oxygen atoms in total. The smallest absolute Gasteiger partial charge is 0.254 e. The molecule has 3 aromatic carbocycles. The summed E-state index contributed by atoms with van der Waals surface area (Å²) in [5, 5.41) is 0. The van der Waals surface area contributed by atoms with Crippen LogP contribution in [0.1, 0.15) is 21.5 Å². The molecular formula is C30H34FN3O4. The molecule has 200 valence electrons. The van der Waals surface area contributed by atoms with E-state index >= 15 is 0 Å². The molecule has 0 spiro atoms. The maximum absolute atomic E-state index is 13.4. The topological polar surface area (TPSA) is 62.3 Å². The van der Waals surface area contributed by atoms with Crippen LogP contribution in [0.5, 0.6) is 5.75 Å². The third-order valence-electron chi connectivity index (χ3n) is 6.66. The molecule has 1 saturated heterocycles. The SMILES string of the molecule is COc1ccc(C(=O)N(CCN2CCN(C(=O)COCc3ccccc3)CC2)Cc2ccc(F)cc2)cc1. The van der Waals surface area contributed by atoms with Crippen LogP contribution in [0.3, 0.4) is 0 Å². The normalized spacial score (nSPS) is 13.8. The molecule has 0 radical (unpaired) electrons. The van der Waals surface area contributed by atoms with Gasteiger partial charge >= 0.3 is 0 Å². The van der Waals surface area contributed by atoms with Crippen LogP contribution >= 0.6 is 0 Å². The average molecular weight is 520 g/mol. The molecule has 2 amide bonds. The predicted octanol–water partition coefficient (Wildman–Crippen LogP) is 3.84. The van der Waals surface area contributed by atoms with E-state index < -0.39 is 0 Å². The van der Waals surface area contributed by atoms with Crippen LogP contribution in [-0.2, 0) is 22.7 Å². The zero-order valence-corrected chi connectivity index (χ0v) is 21.7. The first-order valence-corrected chi connectivity index (χ1v) is 12.8. The zero-order valence-electron chi connectivity index (χ0n) is 21.7. The number of carbonyl (C=O) groups is 2. The molecule has 1 aliphatic heterocycles. The summed E-state index contributed by atoms with van der Waals surface area (Å²) < 4.78 is 24.2. The summed E-state index contributed by atoms with van der Waals surface area (Å²) in [5.74, 6) is 0.277. The number of methoxy groups -OCH3 is 1. The molecule has 38 heavy (non-hydrogen) atoms. The van der Waals surface area contributed by atoms with E-state index in [4.69, 9.17) is 9.47 Å². The Hall–Kier alpha value is -3.75. The molecule has 8 heteroatoms. The van der Waals surface area contributed by atoms with Crippen molar-refractivity contribution < 1.29 is 23.5 Å². The van der Waals surface area contributed by atoms with Crippen LogP contribution in [0.4, 0.5) is 4.39 Å². The number of amides is 2. The molecule has 3 aromatic rings. The highest BCUT2D eigenvalue weighted by atomic mass is 19.1. The van der Waals surface area contributed by atoms with Gasteiger partial charge in [0, 0.05) is 51.4 Å². The molecule has 1 heterocycles. The van der Waals surface area contributed by atoms with Crippen molar-refractivity contribution in [2.45, 2.75) is 13.2 Å². The Morgan fingerprint density at radius 2 is 1.55 bits per heavy atom. The Labute approximate surface area is 223 Å². The third-order valence-corrected chi connectivity index (χ3v) is 6.66. The van der Waals surface area contributed by atoms with Gasteiger partial charge in [0.25, 0.3) is 5.91 Å². The van der Waals surface area contributed by atoms with Gasteiger partial charge in [-0.2, -0.15) is 0 Å². The van der Waals surface area contributed by atoms with Crippen molar-refractivity contribution in [3.63, 3.8) is 0 Å². The van der Waals surface area contributed by atoms with E-state index in [0.29, 0.717) is 50.6 Å². The van der Waals surface area contributed by atoms with Gasteiger partial charge in [0.05, 0.1) is 13.7 Å². The summed E-state index contributed by atoms with van der Waals surface area (Å²) in [7, 11) is 1.59. The lowest BCUT2D eigenvalue weighted by molar-refractivity contribution is -0.138. The van der Waals surface area contributed by atoms with E-state index in [2.05, 4.69) is 4.90 Å². The summed E-state index contributed by atoms with van der Waals surface area (Å²) in [6.45, 7) is 4.75. The number of benzene rings is 3. The van der Waals surface area contributed by atoms with E-state index in [9.17, 15) is 14.0 Å². The molecule has 0 aromatic heterocycles. The lowest BCUT2D eigenvalue weighted by atomic mass is 10.1. The van der Waals surface area contributed by atoms with Crippen LogP contribution in [0.2, 0.25) is 0 Å². The molecule has 0 saturated carbocycles. The molecule has 0 atom stereocenters. The minimum absolute atomic E-state index is 0.00630. The van der Waals surface area contributed by atoms with Crippen LogP contribution in [-0.4, -0.2) is 79.5 Å². The first-order chi connectivity index (χ1) is 18.5. The van der Waals surface area contributed by atoms with E-state index in [1.165, 1.54) is 12.1 Å². The monoisotopic (exact) mass is 519 g/mol. The fraction of sp³-hybridized carbons (Fsp3) is 0.333. The number of carbonyl (C=O) groups excluding carboxylic acids is 2. The van der Waals surface area contributed by atoms with E-state index in [0.717, 1.165) is 24.2 Å². The number of hydrogen-bond donors (Lipinski definition) is 0. The molecule has 4 rings (SSSR count). The molecule has 0 aliphatic carbocycles. The predicted molar refractivity (Wildman–Crippen MR) is 143 cm³/mol. The first kappa shape index (κ1) is 27.3. The number of nitrogens with zero attached hydrogens (tertiary/aromatic N) is 3. The fourth-order valence-corrected chi connectivity index (χ4v) is 4.38. The number of piperazine rings is 1. The van der Waals surface area contributed by atoms with Gasteiger partial charge in [0.15, 0.2) is 0 Å². The highest BCUT2D eigenvalue weighted by Gasteiger charge is 2.23. The molecule has 1 aliphatic rings. The fourth-order valence-electron chi connectivity index (χ4n) is 4.38. The van der Waals surface area contributed by atoms with E-state index in [-0.39, 0.29) is 24.2 Å². The standard InChI is InChI=1S/C30H34FN3O4/c1-37-28-13-9-26(10-14-28)30(36)34(21-24-7-11-27(31)12-8-24)20-17-32-15-18-33(19-16-32)29(35)23-38-22-25-5-3-2-4-6-25/h2-14H,15-23H2,1H3. The van der Waals surface area contributed by atoms with Gasteiger partial charge in [0.1, 0.15) is 18.2 Å². The minimum Gasteiger partial charge on any atom is -0.497 e. The Balaban J connectivity index is 1.28. The second-order valence-electron chi connectivity index (χ2n) is 9.28. The van der Waals surface area contributed by atoms with E-state index in [1.54, 1.807) is 48.4 Å². The van der Waals surface area contributed by atoms with Gasteiger partial charge in [-0.15, -0.1) is 0 Å². The molecule has 0 N–H and O–H groups in total. The van der Waals surface area contributed by atoms with Gasteiger partial charge in [-0.25, -0.2) is 4.39 Å². The number of hydrogen-bond acceptors (Lipinski definition) is 5. The summed E-state index contributed by atoms with van der Waals surface area (Å²) in [5.41, 5.74) is 2.47. The van der Waals surface area contributed by atoms with Crippen molar-refractivity contribution in [3.8, 4) is 5.75 Å². The lowest BCUT2D eigenvalue weighted by Gasteiger charge is -2.36. The summed E-state index contributed by atoms with van der Waals surface area (Å²) >= 11 is 0. The summed E-state index contributed by atoms with van der Waals surface area (Å²) in [4.78, 5) is 31.8. The van der Waals surface area contributed by atoms with Crippen molar-refractivity contribution in [1.29, 1.82) is 0 Å². The van der Waals surface area contributed by atoms with Crippen LogP contribution < -0.4 is 4.74 Å². The Morgan fingerprint density at radius 1 is 0.868 bits per heavy atom. The van der Waals surface area contributed by atoms with Crippen LogP contribution in [0.25, 0.3) is 0 Å². The van der Waals surface area contributed by atoms with Crippen molar-refractivity contribution in [2.24, 2.45) is 0 Å². The number of ether oxygens (including phenoxy) is 2. The summed E-state index contributed by atoms with van der Waals surface area (Å²) in [6, 6.07) is 23.1. The Bertz CT molecular complexity index is 1160. The van der Waals surface area contributed by atoms with Crippen molar-refractivity contribution >= 4 is 11.8 Å². The first-order valence-electron chi connectivity index (χ1n) is 12.8. The second kappa shape index (κ2) is 13.7. The maximum Gasteiger partial charge on any atom is 0.254 e. The Kier molecular flexibility index (Phi) is 9.84. The van der Waals surface area contributed by atoms with Crippen LogP contribution in [0, 0.1) is 5.82 Å². The van der Waals surface area contributed by atoms with Crippen molar-refractivity contribution in [2.75, 3.05) is 53.0 Å². The maximum atomic E-state index is 13.4. The Morgan fingerprint density at radius 3 is 2.21 bits per heavy atom. The molecular weight excluding hydrogens is 485 g/mol. The van der Waals surface area contributed by atoms with Gasteiger partial charge in [-0.3, -0.25) is 14.5 Å². The average Bonchev–Trinajstić information content (AvgIpc) is 2.96. The van der Waals surface area contributed by atoms with Gasteiger partial charge < -0.3 is 19.3 Å². The van der Waals surface area contributed by atoms with E-state index in [1.807, 2.05) is 35.2 Å². The second-order valence-corrected chi connectivity index (χ2v) is 9.28. The van der Waals surface area contributed by atoms with Crippen molar-refractivity contribution in [3.05, 3.63) is 101 Å². The largest absolute Gasteiger partial charge is 0.497 e.